The van der Waals surface area contributed by atoms with E-state index in [-0.39, 0.29) is 5.91 Å². The molecule has 0 saturated heterocycles. The number of hydrogen-bond acceptors (Lipinski definition) is 2. The standard InChI is InChI=1S/C17H17N3O/c1-12-8-9-13-11-16(18-15(13)10-12)17(21)19-20(2)14-6-4-3-5-7-14/h3-11,18H,1-2H3,(H,19,21). The molecule has 2 N–H and O–H groups in total. The van der Waals surface area contributed by atoms with E-state index in [1.54, 1.807) is 5.01 Å². The van der Waals surface area contributed by atoms with Crippen molar-refractivity contribution < 1.29 is 4.79 Å². The second-order valence-electron chi connectivity index (χ2n) is 5.11. The third kappa shape index (κ3) is 2.74. The van der Waals surface area contributed by atoms with Crippen molar-refractivity contribution in [1.29, 1.82) is 0 Å². The van der Waals surface area contributed by atoms with Gasteiger partial charge in [0.05, 0.1) is 5.69 Å². The van der Waals surface area contributed by atoms with Gasteiger partial charge in [-0.3, -0.25) is 15.2 Å². The molecule has 21 heavy (non-hydrogen) atoms. The summed E-state index contributed by atoms with van der Waals surface area (Å²) in [4.78, 5) is 15.5. The number of anilines is 1. The fourth-order valence-electron chi connectivity index (χ4n) is 2.29. The predicted octanol–water partition coefficient (Wildman–Crippen LogP) is 3.26. The van der Waals surface area contributed by atoms with Crippen molar-refractivity contribution in [2.75, 3.05) is 12.1 Å². The van der Waals surface area contributed by atoms with Gasteiger partial charge in [-0.25, -0.2) is 0 Å². The monoisotopic (exact) mass is 279 g/mol. The minimum absolute atomic E-state index is 0.157. The summed E-state index contributed by atoms with van der Waals surface area (Å²) in [6.07, 6.45) is 0. The topological polar surface area (TPSA) is 48.1 Å². The van der Waals surface area contributed by atoms with E-state index in [1.165, 1.54) is 0 Å². The van der Waals surface area contributed by atoms with Crippen LogP contribution in [0.2, 0.25) is 0 Å². The number of hydrazine groups is 1. The molecule has 0 aliphatic heterocycles. The van der Waals surface area contributed by atoms with Crippen LogP contribution in [0.1, 0.15) is 16.1 Å². The first-order valence-electron chi connectivity index (χ1n) is 6.82. The molecular formula is C17H17N3O. The van der Waals surface area contributed by atoms with E-state index in [0.717, 1.165) is 22.2 Å². The molecule has 2 aromatic carbocycles. The highest BCUT2D eigenvalue weighted by atomic mass is 16.2. The van der Waals surface area contributed by atoms with Gasteiger partial charge in [-0.15, -0.1) is 0 Å². The van der Waals surface area contributed by atoms with Crippen molar-refractivity contribution >= 4 is 22.5 Å². The van der Waals surface area contributed by atoms with Gasteiger partial charge < -0.3 is 4.98 Å². The number of fused-ring (bicyclic) bond motifs is 1. The van der Waals surface area contributed by atoms with Crippen LogP contribution in [0.5, 0.6) is 0 Å². The number of para-hydroxylation sites is 1. The lowest BCUT2D eigenvalue weighted by molar-refractivity contribution is 0.0947. The summed E-state index contributed by atoms with van der Waals surface area (Å²) in [7, 11) is 1.82. The van der Waals surface area contributed by atoms with Crippen LogP contribution in [0.15, 0.2) is 54.6 Å². The number of rotatable bonds is 3. The Balaban J connectivity index is 1.80. The molecule has 106 valence electrons. The number of amides is 1. The molecular weight excluding hydrogens is 262 g/mol. The van der Waals surface area contributed by atoms with Crippen LogP contribution in [-0.2, 0) is 0 Å². The summed E-state index contributed by atoms with van der Waals surface area (Å²) in [5.74, 6) is -0.157. The van der Waals surface area contributed by atoms with E-state index >= 15 is 0 Å². The highest BCUT2D eigenvalue weighted by Gasteiger charge is 2.11. The number of benzene rings is 2. The molecule has 1 heterocycles. The third-order valence-electron chi connectivity index (χ3n) is 3.44. The summed E-state index contributed by atoms with van der Waals surface area (Å²) >= 11 is 0. The van der Waals surface area contributed by atoms with E-state index in [0.29, 0.717) is 5.69 Å². The first-order chi connectivity index (χ1) is 10.1. The van der Waals surface area contributed by atoms with Crippen molar-refractivity contribution in [3.8, 4) is 0 Å². The molecule has 1 aromatic heterocycles. The lowest BCUT2D eigenvalue weighted by Gasteiger charge is -2.19. The van der Waals surface area contributed by atoms with Crippen LogP contribution in [-0.4, -0.2) is 17.9 Å². The van der Waals surface area contributed by atoms with Crippen LogP contribution in [0, 0.1) is 6.92 Å². The maximum atomic E-state index is 12.3. The van der Waals surface area contributed by atoms with Gasteiger partial charge in [-0.2, -0.15) is 0 Å². The summed E-state index contributed by atoms with van der Waals surface area (Å²) in [5.41, 5.74) is 6.47. The molecule has 0 aliphatic rings. The van der Waals surface area contributed by atoms with Gasteiger partial charge in [0.25, 0.3) is 5.91 Å². The molecule has 0 radical (unpaired) electrons. The Morgan fingerprint density at radius 2 is 1.86 bits per heavy atom. The van der Waals surface area contributed by atoms with Crippen molar-refractivity contribution in [3.63, 3.8) is 0 Å². The summed E-state index contributed by atoms with van der Waals surface area (Å²) in [6.45, 7) is 2.03. The Hall–Kier alpha value is -2.75. The van der Waals surface area contributed by atoms with Crippen LogP contribution in [0.4, 0.5) is 5.69 Å². The summed E-state index contributed by atoms with van der Waals surface area (Å²) in [5, 5.41) is 2.74. The zero-order valence-electron chi connectivity index (χ0n) is 12.1. The van der Waals surface area contributed by atoms with Gasteiger partial charge in [0.2, 0.25) is 0 Å². The number of aromatic nitrogens is 1. The largest absolute Gasteiger partial charge is 0.350 e. The van der Waals surface area contributed by atoms with Crippen molar-refractivity contribution in [3.05, 3.63) is 65.9 Å². The van der Waals surface area contributed by atoms with Gasteiger partial charge in [0.15, 0.2) is 0 Å². The number of hydrogen-bond donors (Lipinski definition) is 2. The Kier molecular flexibility index (Phi) is 3.36. The number of aryl methyl sites for hydroxylation is 1. The van der Waals surface area contributed by atoms with Crippen LogP contribution in [0.25, 0.3) is 10.9 Å². The zero-order chi connectivity index (χ0) is 14.8. The molecule has 4 heteroatoms. The fraction of sp³-hybridized carbons (Fsp3) is 0.118. The zero-order valence-corrected chi connectivity index (χ0v) is 12.1. The second kappa shape index (κ2) is 5.32. The third-order valence-corrected chi connectivity index (χ3v) is 3.44. The van der Waals surface area contributed by atoms with Crippen LogP contribution in [0.3, 0.4) is 0 Å². The number of aromatic amines is 1. The lowest BCUT2D eigenvalue weighted by atomic mass is 10.2. The normalized spacial score (nSPS) is 10.6. The smallest absolute Gasteiger partial charge is 0.286 e. The number of carbonyl (C=O) groups excluding carboxylic acids is 1. The highest BCUT2D eigenvalue weighted by Crippen LogP contribution is 2.17. The molecule has 3 aromatic rings. The van der Waals surface area contributed by atoms with Gasteiger partial charge >= 0.3 is 0 Å². The van der Waals surface area contributed by atoms with Crippen molar-refractivity contribution in [2.24, 2.45) is 0 Å². The maximum absolute atomic E-state index is 12.3. The average molecular weight is 279 g/mol. The number of nitrogens with one attached hydrogen (secondary N) is 2. The first kappa shape index (κ1) is 13.2. The maximum Gasteiger partial charge on any atom is 0.286 e. The predicted molar refractivity (Wildman–Crippen MR) is 85.3 cm³/mol. The quantitative estimate of drug-likeness (QED) is 0.723. The molecule has 3 rings (SSSR count). The molecule has 0 atom stereocenters. The molecule has 0 bridgehead atoms. The molecule has 0 fully saturated rings. The molecule has 4 nitrogen and oxygen atoms in total. The molecule has 0 spiro atoms. The van der Waals surface area contributed by atoms with Crippen LogP contribution < -0.4 is 10.4 Å². The number of nitrogens with zero attached hydrogens (tertiary/aromatic N) is 1. The SMILES string of the molecule is Cc1ccc2cc(C(=O)NN(C)c3ccccc3)[nH]c2c1. The fourth-order valence-corrected chi connectivity index (χ4v) is 2.29. The minimum Gasteiger partial charge on any atom is -0.350 e. The minimum atomic E-state index is -0.157. The van der Waals surface area contributed by atoms with Gasteiger partial charge in [-0.05, 0) is 36.8 Å². The van der Waals surface area contributed by atoms with Crippen LogP contribution >= 0.6 is 0 Å². The Bertz CT molecular complexity index is 777. The summed E-state index contributed by atoms with van der Waals surface area (Å²) < 4.78 is 0. The molecule has 0 aliphatic carbocycles. The molecule has 0 unspecified atom stereocenters. The van der Waals surface area contributed by atoms with Gasteiger partial charge in [0, 0.05) is 18.0 Å². The van der Waals surface area contributed by atoms with E-state index in [9.17, 15) is 4.79 Å². The number of H-pyrrole nitrogens is 1. The Morgan fingerprint density at radius 1 is 1.10 bits per heavy atom. The van der Waals surface area contributed by atoms with E-state index in [2.05, 4.69) is 10.4 Å². The van der Waals surface area contributed by atoms with E-state index in [4.69, 9.17) is 0 Å². The molecule has 1 amide bonds. The Morgan fingerprint density at radius 3 is 2.62 bits per heavy atom. The van der Waals surface area contributed by atoms with Gasteiger partial charge in [0.1, 0.15) is 5.69 Å². The van der Waals surface area contributed by atoms with E-state index in [1.807, 2.05) is 68.6 Å². The van der Waals surface area contributed by atoms with Gasteiger partial charge in [-0.1, -0.05) is 30.3 Å². The number of carbonyl (C=O) groups is 1. The average Bonchev–Trinajstić information content (AvgIpc) is 2.91. The second-order valence-corrected chi connectivity index (χ2v) is 5.11. The van der Waals surface area contributed by atoms with E-state index < -0.39 is 0 Å². The lowest BCUT2D eigenvalue weighted by Crippen LogP contribution is -2.39. The molecule has 0 saturated carbocycles. The first-order valence-corrected chi connectivity index (χ1v) is 6.82. The Labute approximate surface area is 123 Å². The highest BCUT2D eigenvalue weighted by molar-refractivity contribution is 5.98. The summed E-state index contributed by atoms with van der Waals surface area (Å²) in [6, 6.07) is 17.6. The van der Waals surface area contributed by atoms with Crippen molar-refractivity contribution in [2.45, 2.75) is 6.92 Å². The van der Waals surface area contributed by atoms with Crippen molar-refractivity contribution in [1.82, 2.24) is 10.4 Å².